The molecular weight excluding hydrogens is 366 g/mol. The molecule has 4 heteroatoms. The van der Waals surface area contributed by atoms with Crippen molar-refractivity contribution in [1.82, 2.24) is 10.3 Å². The van der Waals surface area contributed by atoms with Gasteiger partial charge in [-0.05, 0) is 74.9 Å². The zero-order chi connectivity index (χ0) is 19.2. The van der Waals surface area contributed by atoms with Gasteiger partial charge in [-0.25, -0.2) is 0 Å². The second-order valence-corrected chi connectivity index (χ2v) is 8.19. The maximum Gasteiger partial charge on any atom is 0.0737 e. The molecule has 2 aromatic carbocycles. The van der Waals surface area contributed by atoms with Crippen molar-refractivity contribution in [1.29, 1.82) is 0 Å². The van der Waals surface area contributed by atoms with E-state index in [-0.39, 0.29) is 0 Å². The number of aromatic nitrogens is 1. The summed E-state index contributed by atoms with van der Waals surface area (Å²) in [5.41, 5.74) is 3.55. The Hall–Kier alpha value is -2.10. The molecular formula is C24H28ClN3. The van der Waals surface area contributed by atoms with Gasteiger partial charge in [-0.2, -0.15) is 0 Å². The van der Waals surface area contributed by atoms with Crippen LogP contribution in [-0.2, 0) is 6.42 Å². The van der Waals surface area contributed by atoms with E-state index in [4.69, 9.17) is 11.6 Å². The lowest BCUT2D eigenvalue weighted by molar-refractivity contribution is 0.353. The van der Waals surface area contributed by atoms with Gasteiger partial charge < -0.3 is 10.6 Å². The largest absolute Gasteiger partial charge is 0.382 e. The molecule has 28 heavy (non-hydrogen) atoms. The molecule has 0 bridgehead atoms. The lowest BCUT2D eigenvalue weighted by atomic mass is 9.90. The summed E-state index contributed by atoms with van der Waals surface area (Å²) < 4.78 is 0. The molecule has 0 atom stereocenters. The zero-order valence-corrected chi connectivity index (χ0v) is 17.0. The van der Waals surface area contributed by atoms with Crippen LogP contribution in [0.25, 0.3) is 10.9 Å². The fourth-order valence-corrected chi connectivity index (χ4v) is 4.32. The highest BCUT2D eigenvalue weighted by molar-refractivity contribution is 6.31. The summed E-state index contributed by atoms with van der Waals surface area (Å²) in [7, 11) is 0. The molecule has 0 spiro atoms. The average Bonchev–Trinajstić information content (AvgIpc) is 2.73. The number of pyridine rings is 1. The average molecular weight is 394 g/mol. The molecule has 3 aromatic rings. The Balaban J connectivity index is 1.22. The SMILES string of the molecule is Clc1ccc2c(NC3CCC(NCCCc4ccccc4)CC3)ccnc2c1. The van der Waals surface area contributed by atoms with Gasteiger partial charge in [-0.15, -0.1) is 0 Å². The van der Waals surface area contributed by atoms with Crippen molar-refractivity contribution >= 4 is 28.2 Å². The van der Waals surface area contributed by atoms with Gasteiger partial charge in [-0.3, -0.25) is 4.98 Å². The topological polar surface area (TPSA) is 37.0 Å². The second-order valence-electron chi connectivity index (χ2n) is 7.76. The summed E-state index contributed by atoms with van der Waals surface area (Å²) in [6.45, 7) is 1.10. The molecule has 2 N–H and O–H groups in total. The molecule has 0 aliphatic heterocycles. The van der Waals surface area contributed by atoms with Crippen molar-refractivity contribution in [2.75, 3.05) is 11.9 Å². The predicted molar refractivity (Wildman–Crippen MR) is 119 cm³/mol. The van der Waals surface area contributed by atoms with E-state index in [2.05, 4.69) is 58.1 Å². The third kappa shape index (κ3) is 5.03. The van der Waals surface area contributed by atoms with Crippen LogP contribution in [0.1, 0.15) is 37.7 Å². The summed E-state index contributed by atoms with van der Waals surface area (Å²) in [4.78, 5) is 4.44. The van der Waals surface area contributed by atoms with Gasteiger partial charge in [0.1, 0.15) is 0 Å². The molecule has 1 aromatic heterocycles. The van der Waals surface area contributed by atoms with Crippen LogP contribution >= 0.6 is 11.6 Å². The quantitative estimate of drug-likeness (QED) is 0.495. The Kier molecular flexibility index (Phi) is 6.45. The number of nitrogens with zero attached hydrogens (tertiary/aromatic N) is 1. The van der Waals surface area contributed by atoms with E-state index in [0.29, 0.717) is 12.1 Å². The number of anilines is 1. The van der Waals surface area contributed by atoms with E-state index in [1.807, 2.05) is 18.3 Å². The Labute approximate surface area is 172 Å². The first kappa shape index (κ1) is 19.2. The van der Waals surface area contributed by atoms with Crippen molar-refractivity contribution in [2.45, 2.75) is 50.6 Å². The molecule has 146 valence electrons. The molecule has 3 nitrogen and oxygen atoms in total. The molecule has 1 aliphatic carbocycles. The summed E-state index contributed by atoms with van der Waals surface area (Å²) in [6.07, 6.45) is 9.09. The number of aryl methyl sites for hydroxylation is 1. The molecule has 1 aliphatic rings. The van der Waals surface area contributed by atoms with Crippen LogP contribution < -0.4 is 10.6 Å². The van der Waals surface area contributed by atoms with Gasteiger partial charge in [0, 0.05) is 34.4 Å². The van der Waals surface area contributed by atoms with Crippen molar-refractivity contribution in [3.05, 3.63) is 71.4 Å². The number of hydrogen-bond acceptors (Lipinski definition) is 3. The Morgan fingerprint density at radius 3 is 2.54 bits per heavy atom. The first-order valence-electron chi connectivity index (χ1n) is 10.4. The predicted octanol–water partition coefficient (Wildman–Crippen LogP) is 5.83. The van der Waals surface area contributed by atoms with E-state index in [9.17, 15) is 0 Å². The highest BCUT2D eigenvalue weighted by atomic mass is 35.5. The van der Waals surface area contributed by atoms with Crippen LogP contribution in [0, 0.1) is 0 Å². The highest BCUT2D eigenvalue weighted by Gasteiger charge is 2.21. The second kappa shape index (κ2) is 9.40. The molecule has 1 heterocycles. The number of nitrogens with one attached hydrogen (secondary N) is 2. The number of benzene rings is 2. The van der Waals surface area contributed by atoms with Gasteiger partial charge >= 0.3 is 0 Å². The maximum atomic E-state index is 6.10. The molecule has 0 unspecified atom stereocenters. The van der Waals surface area contributed by atoms with Gasteiger partial charge in [0.2, 0.25) is 0 Å². The van der Waals surface area contributed by atoms with Crippen molar-refractivity contribution < 1.29 is 0 Å². The number of hydrogen-bond donors (Lipinski definition) is 2. The van der Waals surface area contributed by atoms with Crippen molar-refractivity contribution in [2.24, 2.45) is 0 Å². The lowest BCUT2D eigenvalue weighted by Gasteiger charge is -2.30. The molecule has 4 rings (SSSR count). The standard InChI is InChI=1S/C24H28ClN3/c25-19-8-13-22-23(14-16-27-24(22)17-19)28-21-11-9-20(10-12-21)26-15-4-7-18-5-2-1-3-6-18/h1-3,5-6,8,13-14,16-17,20-21,26H,4,7,9-12,15H2,(H,27,28). The van der Waals surface area contributed by atoms with Crippen molar-refractivity contribution in [3.8, 4) is 0 Å². The summed E-state index contributed by atoms with van der Waals surface area (Å²) in [5.74, 6) is 0. The highest BCUT2D eigenvalue weighted by Crippen LogP contribution is 2.28. The fraction of sp³-hybridized carbons (Fsp3) is 0.375. The third-order valence-corrected chi connectivity index (χ3v) is 5.94. The van der Waals surface area contributed by atoms with Crippen LogP contribution in [-0.4, -0.2) is 23.6 Å². The molecule has 0 amide bonds. The summed E-state index contributed by atoms with van der Waals surface area (Å²) >= 11 is 6.10. The van der Waals surface area contributed by atoms with E-state index >= 15 is 0 Å². The van der Waals surface area contributed by atoms with E-state index in [0.717, 1.165) is 28.9 Å². The third-order valence-electron chi connectivity index (χ3n) is 5.71. The normalized spacial score (nSPS) is 19.6. The fourth-order valence-electron chi connectivity index (χ4n) is 4.15. The Morgan fingerprint density at radius 1 is 0.929 bits per heavy atom. The molecule has 1 saturated carbocycles. The van der Waals surface area contributed by atoms with Gasteiger partial charge in [0.15, 0.2) is 0 Å². The summed E-state index contributed by atoms with van der Waals surface area (Å²) in [6, 6.07) is 19.9. The summed E-state index contributed by atoms with van der Waals surface area (Å²) in [5, 5.41) is 9.38. The minimum atomic E-state index is 0.531. The van der Waals surface area contributed by atoms with Gasteiger partial charge in [-0.1, -0.05) is 41.9 Å². The van der Waals surface area contributed by atoms with E-state index in [1.165, 1.54) is 43.4 Å². The smallest absolute Gasteiger partial charge is 0.0737 e. The molecule has 0 radical (unpaired) electrons. The number of rotatable bonds is 7. The first-order chi connectivity index (χ1) is 13.8. The molecule has 0 saturated heterocycles. The minimum Gasteiger partial charge on any atom is -0.382 e. The van der Waals surface area contributed by atoms with Crippen LogP contribution in [0.15, 0.2) is 60.8 Å². The van der Waals surface area contributed by atoms with Crippen LogP contribution in [0.5, 0.6) is 0 Å². The lowest BCUT2D eigenvalue weighted by Crippen LogP contribution is -2.37. The van der Waals surface area contributed by atoms with Crippen LogP contribution in [0.3, 0.4) is 0 Å². The van der Waals surface area contributed by atoms with Gasteiger partial charge in [0.05, 0.1) is 5.52 Å². The zero-order valence-electron chi connectivity index (χ0n) is 16.2. The monoisotopic (exact) mass is 393 g/mol. The Morgan fingerprint density at radius 2 is 1.71 bits per heavy atom. The van der Waals surface area contributed by atoms with E-state index < -0.39 is 0 Å². The van der Waals surface area contributed by atoms with Crippen LogP contribution in [0.2, 0.25) is 5.02 Å². The maximum absolute atomic E-state index is 6.10. The van der Waals surface area contributed by atoms with E-state index in [1.54, 1.807) is 0 Å². The van der Waals surface area contributed by atoms with Crippen molar-refractivity contribution in [3.63, 3.8) is 0 Å². The number of halogens is 1. The van der Waals surface area contributed by atoms with Crippen LogP contribution in [0.4, 0.5) is 5.69 Å². The van der Waals surface area contributed by atoms with Gasteiger partial charge in [0.25, 0.3) is 0 Å². The first-order valence-corrected chi connectivity index (χ1v) is 10.7. The number of fused-ring (bicyclic) bond motifs is 1. The Bertz CT molecular complexity index is 889. The molecule has 1 fully saturated rings. The minimum absolute atomic E-state index is 0.531.